The maximum absolute atomic E-state index is 12.5. The van der Waals surface area contributed by atoms with Crippen molar-refractivity contribution in [3.63, 3.8) is 0 Å². The van der Waals surface area contributed by atoms with Gasteiger partial charge in [0.25, 0.3) is 0 Å². The first-order valence-electron chi connectivity index (χ1n) is 7.07. The van der Waals surface area contributed by atoms with E-state index >= 15 is 0 Å². The first kappa shape index (κ1) is 21.6. The van der Waals surface area contributed by atoms with Gasteiger partial charge >= 0.3 is 6.18 Å². The van der Waals surface area contributed by atoms with Gasteiger partial charge in [0.15, 0.2) is 11.7 Å². The van der Waals surface area contributed by atoms with E-state index in [4.69, 9.17) is 0 Å². The van der Waals surface area contributed by atoms with E-state index in [-0.39, 0.29) is 24.0 Å². The molecule has 0 bridgehead atoms. The number of halogens is 4. The molecule has 12 heteroatoms. The predicted molar refractivity (Wildman–Crippen MR) is 100 cm³/mol. The van der Waals surface area contributed by atoms with Crippen LogP contribution < -0.4 is 5.32 Å². The van der Waals surface area contributed by atoms with Crippen molar-refractivity contribution < 1.29 is 13.2 Å². The molecule has 1 N–H and O–H groups in total. The number of hydrogen-bond donors (Lipinski definition) is 1. The van der Waals surface area contributed by atoms with E-state index < -0.39 is 11.9 Å². The lowest BCUT2D eigenvalue weighted by Crippen LogP contribution is -2.39. The molecule has 0 atom stereocenters. The third-order valence-corrected chi connectivity index (χ3v) is 4.13. The Morgan fingerprint density at radius 3 is 2.68 bits per heavy atom. The molecule has 140 valence electrons. The van der Waals surface area contributed by atoms with E-state index in [1.165, 1.54) is 6.33 Å². The van der Waals surface area contributed by atoms with Gasteiger partial charge in [0.1, 0.15) is 12.2 Å². The summed E-state index contributed by atoms with van der Waals surface area (Å²) in [6.07, 6.45) is -2.54. The van der Waals surface area contributed by atoms with Crippen molar-refractivity contribution in [1.29, 1.82) is 0 Å². The molecule has 0 radical (unpaired) electrons. The maximum Gasteiger partial charge on any atom is 0.434 e. The molecule has 0 amide bonds. The molecule has 0 spiro atoms. The minimum absolute atomic E-state index is 0. The number of guanidine groups is 1. The van der Waals surface area contributed by atoms with Crippen LogP contribution in [0.15, 0.2) is 16.7 Å². The molecule has 0 unspecified atom stereocenters. The molecule has 0 aromatic carbocycles. The molecule has 25 heavy (non-hydrogen) atoms. The van der Waals surface area contributed by atoms with Crippen LogP contribution in [0.2, 0.25) is 0 Å². The Morgan fingerprint density at radius 2 is 2.16 bits per heavy atom. The summed E-state index contributed by atoms with van der Waals surface area (Å²) in [6.45, 7) is 0.937. The molecule has 0 fully saturated rings. The van der Waals surface area contributed by atoms with Crippen LogP contribution in [0.3, 0.4) is 0 Å². The van der Waals surface area contributed by atoms with E-state index in [0.29, 0.717) is 30.5 Å². The highest BCUT2D eigenvalue weighted by Crippen LogP contribution is 2.29. The van der Waals surface area contributed by atoms with Gasteiger partial charge in [0, 0.05) is 39.5 Å². The number of nitrogens with one attached hydrogen (secondary N) is 1. The van der Waals surface area contributed by atoms with Crippen LogP contribution in [0.25, 0.3) is 0 Å². The van der Waals surface area contributed by atoms with Gasteiger partial charge in [0.2, 0.25) is 0 Å². The monoisotopic (exact) mass is 489 g/mol. The Balaban J connectivity index is 0.00000312. The average Bonchev–Trinajstić information content (AvgIpc) is 3.13. The molecule has 0 saturated heterocycles. The summed E-state index contributed by atoms with van der Waals surface area (Å²) in [5.74, 6) is 1.39. The number of aryl methyl sites for hydroxylation is 1. The Morgan fingerprint density at radius 1 is 1.44 bits per heavy atom. The number of nitrogens with zero attached hydrogens (tertiary/aromatic N) is 6. The maximum atomic E-state index is 12.5. The minimum atomic E-state index is -4.39. The van der Waals surface area contributed by atoms with Crippen molar-refractivity contribution in [3.8, 4) is 0 Å². The van der Waals surface area contributed by atoms with E-state index in [2.05, 4.69) is 25.4 Å². The number of aromatic nitrogens is 4. The second kappa shape index (κ2) is 9.31. The predicted octanol–water partition coefficient (Wildman–Crippen LogP) is 2.16. The van der Waals surface area contributed by atoms with E-state index in [9.17, 15) is 13.2 Å². The topological polar surface area (TPSA) is 71.2 Å². The third kappa shape index (κ3) is 6.09. The fourth-order valence-corrected chi connectivity index (χ4v) is 2.78. The summed E-state index contributed by atoms with van der Waals surface area (Å²) in [7, 11) is 5.28. The summed E-state index contributed by atoms with van der Waals surface area (Å²) in [5, 5.41) is 8.56. The fraction of sp³-hybridized carbons (Fsp3) is 0.538. The van der Waals surface area contributed by atoms with Gasteiger partial charge in [-0.05, 0) is 0 Å². The summed E-state index contributed by atoms with van der Waals surface area (Å²) >= 11 is 1.00. The van der Waals surface area contributed by atoms with Crippen molar-refractivity contribution in [2.24, 2.45) is 12.0 Å². The van der Waals surface area contributed by atoms with Crippen molar-refractivity contribution in [3.05, 3.63) is 28.2 Å². The Hall–Kier alpha value is -1.44. The van der Waals surface area contributed by atoms with Crippen molar-refractivity contribution in [2.75, 3.05) is 20.6 Å². The Kier molecular flexibility index (Phi) is 8.05. The summed E-state index contributed by atoms with van der Waals surface area (Å²) in [6, 6.07) is 0. The lowest BCUT2D eigenvalue weighted by atomic mass is 10.4. The van der Waals surface area contributed by atoms with Crippen molar-refractivity contribution in [1.82, 2.24) is 30.0 Å². The zero-order valence-electron chi connectivity index (χ0n) is 13.9. The molecule has 2 aromatic heterocycles. The number of thiazole rings is 1. The third-order valence-electron chi connectivity index (χ3n) is 3.22. The zero-order valence-corrected chi connectivity index (χ0v) is 17.1. The van der Waals surface area contributed by atoms with Gasteiger partial charge in [-0.2, -0.15) is 18.3 Å². The molecule has 0 aliphatic rings. The minimum Gasteiger partial charge on any atom is -0.356 e. The number of hydrogen-bond acceptors (Lipinski definition) is 5. The molecule has 2 heterocycles. The van der Waals surface area contributed by atoms with Crippen LogP contribution in [-0.2, 0) is 26.2 Å². The second-order valence-electron chi connectivity index (χ2n) is 5.00. The van der Waals surface area contributed by atoms with Gasteiger partial charge in [-0.3, -0.25) is 9.67 Å². The lowest BCUT2D eigenvalue weighted by Gasteiger charge is -2.21. The van der Waals surface area contributed by atoms with Gasteiger partial charge in [-0.1, -0.05) is 0 Å². The summed E-state index contributed by atoms with van der Waals surface area (Å²) < 4.78 is 39.2. The SMILES string of the molecule is CN=C(NCCc1nc(C(F)(F)F)cs1)N(C)Cc1ncnn1C.I. The molecule has 0 aliphatic carbocycles. The molecule has 2 rings (SSSR count). The highest BCUT2D eigenvalue weighted by molar-refractivity contribution is 14.0. The molecule has 0 saturated carbocycles. The van der Waals surface area contributed by atoms with E-state index in [0.717, 1.165) is 22.5 Å². The van der Waals surface area contributed by atoms with Crippen LogP contribution in [0.4, 0.5) is 13.2 Å². The summed E-state index contributed by atoms with van der Waals surface area (Å²) in [5.41, 5.74) is -0.841. The van der Waals surface area contributed by atoms with Gasteiger partial charge in [-0.25, -0.2) is 9.97 Å². The number of aliphatic imine (C=N–C) groups is 1. The van der Waals surface area contributed by atoms with Gasteiger partial charge in [-0.15, -0.1) is 35.3 Å². The van der Waals surface area contributed by atoms with Gasteiger partial charge < -0.3 is 10.2 Å². The number of alkyl halides is 3. The van der Waals surface area contributed by atoms with Crippen LogP contribution >= 0.6 is 35.3 Å². The van der Waals surface area contributed by atoms with Crippen LogP contribution in [-0.4, -0.2) is 51.2 Å². The Labute approximate surface area is 164 Å². The van der Waals surface area contributed by atoms with E-state index in [1.54, 1.807) is 18.8 Å². The molecular weight excluding hydrogens is 470 g/mol. The van der Waals surface area contributed by atoms with Crippen LogP contribution in [0.5, 0.6) is 0 Å². The average molecular weight is 489 g/mol. The molecule has 7 nitrogen and oxygen atoms in total. The highest BCUT2D eigenvalue weighted by atomic mass is 127. The molecular formula is C13H19F3IN7S. The van der Waals surface area contributed by atoms with E-state index in [1.807, 2.05) is 11.9 Å². The van der Waals surface area contributed by atoms with Crippen LogP contribution in [0.1, 0.15) is 16.5 Å². The largest absolute Gasteiger partial charge is 0.434 e. The normalized spacial score (nSPS) is 12.0. The molecule has 2 aromatic rings. The van der Waals surface area contributed by atoms with Crippen LogP contribution in [0, 0.1) is 0 Å². The van der Waals surface area contributed by atoms with Crippen molar-refractivity contribution >= 4 is 41.3 Å². The smallest absolute Gasteiger partial charge is 0.356 e. The number of rotatable bonds is 5. The molecule has 0 aliphatic heterocycles. The zero-order chi connectivity index (χ0) is 17.7. The fourth-order valence-electron chi connectivity index (χ4n) is 1.97. The highest BCUT2D eigenvalue weighted by Gasteiger charge is 2.33. The quantitative estimate of drug-likeness (QED) is 0.396. The first-order valence-corrected chi connectivity index (χ1v) is 7.95. The van der Waals surface area contributed by atoms with Gasteiger partial charge in [0.05, 0.1) is 11.6 Å². The second-order valence-corrected chi connectivity index (χ2v) is 5.95. The van der Waals surface area contributed by atoms with Crippen molar-refractivity contribution in [2.45, 2.75) is 19.1 Å². The summed E-state index contributed by atoms with van der Waals surface area (Å²) in [4.78, 5) is 13.7. The lowest BCUT2D eigenvalue weighted by molar-refractivity contribution is -0.140. The first-order chi connectivity index (χ1) is 11.3. The Bertz CT molecular complexity index is 698. The standard InChI is InChI=1S/C13H18F3N7S.HI/c1-17-12(22(2)6-10-19-8-20-23(10)3)18-5-4-11-21-9(7-24-11)13(14,15)16;/h7-8H,4-6H2,1-3H3,(H,17,18);1H.